The fourth-order valence-corrected chi connectivity index (χ4v) is 8.00. The summed E-state index contributed by atoms with van der Waals surface area (Å²) >= 11 is 0. The lowest BCUT2D eigenvalue weighted by Crippen LogP contribution is -2.38. The van der Waals surface area contributed by atoms with Crippen LogP contribution in [-0.4, -0.2) is 0 Å². The third-order valence-corrected chi connectivity index (χ3v) is 10.6. The van der Waals surface area contributed by atoms with E-state index >= 15 is 0 Å². The smallest absolute Gasteiger partial charge is 0.0544 e. The molecule has 0 bridgehead atoms. The summed E-state index contributed by atoms with van der Waals surface area (Å²) in [5, 5.41) is 5.10. The van der Waals surface area contributed by atoms with Gasteiger partial charge in [-0.3, -0.25) is 0 Å². The maximum atomic E-state index is 2.56. The first-order chi connectivity index (χ1) is 21.8. The normalized spacial score (nSPS) is 15.4. The van der Waals surface area contributed by atoms with Gasteiger partial charge in [0.05, 0.1) is 17.1 Å². The topological polar surface area (TPSA) is 3.24 Å². The third kappa shape index (κ3) is 3.74. The summed E-state index contributed by atoms with van der Waals surface area (Å²) in [6, 6.07) is 52.1. The molecule has 0 saturated carbocycles. The third-order valence-electron chi connectivity index (χ3n) is 10.6. The van der Waals surface area contributed by atoms with E-state index in [9.17, 15) is 0 Å². The number of rotatable bonds is 2. The predicted molar refractivity (Wildman–Crippen MR) is 191 cm³/mol. The van der Waals surface area contributed by atoms with E-state index in [1.54, 1.807) is 0 Å². The molecular weight excluding hydrogens is 542 g/mol. The Kier molecular flexibility index (Phi) is 5.37. The lowest BCUT2D eigenvalue weighted by Gasteiger charge is -2.50. The highest BCUT2D eigenvalue weighted by atomic mass is 15.2. The van der Waals surface area contributed by atoms with Crippen LogP contribution in [0.25, 0.3) is 43.8 Å². The molecule has 0 saturated heterocycles. The molecule has 0 fully saturated rings. The zero-order valence-electron chi connectivity index (χ0n) is 26.2. The molecule has 1 heteroatoms. The van der Waals surface area contributed by atoms with Crippen LogP contribution in [0.4, 0.5) is 17.1 Å². The summed E-state index contributed by atoms with van der Waals surface area (Å²) in [6.07, 6.45) is 0. The molecule has 1 nitrogen and oxygen atoms in total. The van der Waals surface area contributed by atoms with E-state index in [4.69, 9.17) is 0 Å². The van der Waals surface area contributed by atoms with Gasteiger partial charge in [-0.15, -0.1) is 0 Å². The first-order valence-corrected chi connectivity index (χ1v) is 16.0. The van der Waals surface area contributed by atoms with E-state index in [1.165, 1.54) is 83.1 Å². The average molecular weight is 578 g/mol. The highest BCUT2D eigenvalue weighted by molar-refractivity contribution is 5.96. The van der Waals surface area contributed by atoms with Crippen molar-refractivity contribution in [3.05, 3.63) is 162 Å². The summed E-state index contributed by atoms with van der Waals surface area (Å²) in [5.41, 5.74) is 14.1. The first kappa shape index (κ1) is 26.3. The van der Waals surface area contributed by atoms with E-state index in [-0.39, 0.29) is 10.8 Å². The van der Waals surface area contributed by atoms with Crippen LogP contribution in [0.1, 0.15) is 49.9 Å². The van der Waals surface area contributed by atoms with Crippen LogP contribution in [-0.2, 0) is 10.8 Å². The van der Waals surface area contributed by atoms with Crippen molar-refractivity contribution in [3.8, 4) is 22.3 Å². The number of hydrogen-bond donors (Lipinski definition) is 0. The number of nitrogens with zero attached hydrogens (tertiary/aromatic N) is 1. The van der Waals surface area contributed by atoms with Crippen molar-refractivity contribution in [1.82, 2.24) is 0 Å². The van der Waals surface area contributed by atoms with Crippen LogP contribution in [0, 0.1) is 0 Å². The zero-order valence-corrected chi connectivity index (χ0v) is 26.2. The monoisotopic (exact) mass is 577 g/mol. The van der Waals surface area contributed by atoms with Crippen molar-refractivity contribution < 1.29 is 0 Å². The largest absolute Gasteiger partial charge is 0.309 e. The first-order valence-electron chi connectivity index (χ1n) is 16.0. The highest BCUT2D eigenvalue weighted by Gasteiger charge is 2.45. The molecule has 0 atom stereocenters. The number of para-hydroxylation sites is 1. The second-order valence-corrected chi connectivity index (χ2v) is 13.9. The lowest BCUT2D eigenvalue weighted by molar-refractivity contribution is 0.598. The van der Waals surface area contributed by atoms with Gasteiger partial charge in [-0.25, -0.2) is 0 Å². The molecule has 2 aliphatic heterocycles. The Morgan fingerprint density at radius 2 is 0.800 bits per heavy atom. The molecule has 2 heterocycles. The Bertz CT molecular complexity index is 2340. The fraction of sp³-hybridized carbons (Fsp3) is 0.136. The van der Waals surface area contributed by atoms with Gasteiger partial charge < -0.3 is 4.90 Å². The van der Waals surface area contributed by atoms with Crippen molar-refractivity contribution in [3.63, 3.8) is 0 Å². The number of fused-ring (bicyclic) bond motifs is 6. The molecule has 0 amide bonds. The summed E-state index contributed by atoms with van der Waals surface area (Å²) in [6.45, 7) is 9.63. The second kappa shape index (κ2) is 9.19. The van der Waals surface area contributed by atoms with Crippen molar-refractivity contribution in [2.45, 2.75) is 38.5 Å². The van der Waals surface area contributed by atoms with Crippen LogP contribution in [0.3, 0.4) is 0 Å². The van der Waals surface area contributed by atoms with Crippen LogP contribution in [0.2, 0.25) is 0 Å². The van der Waals surface area contributed by atoms with Crippen molar-refractivity contribution >= 4 is 38.6 Å². The van der Waals surface area contributed by atoms with Gasteiger partial charge in [0.25, 0.3) is 0 Å². The van der Waals surface area contributed by atoms with Gasteiger partial charge in [-0.1, -0.05) is 125 Å². The van der Waals surface area contributed by atoms with Gasteiger partial charge >= 0.3 is 0 Å². The van der Waals surface area contributed by atoms with Crippen molar-refractivity contribution in [2.24, 2.45) is 0 Å². The highest BCUT2D eigenvalue weighted by Crippen LogP contribution is 2.61. The molecule has 0 aliphatic carbocycles. The van der Waals surface area contributed by atoms with E-state index in [2.05, 4.69) is 172 Å². The SMILES string of the molecule is CC1(C)c2ccccc2N2c3ccc(-c4ccc5ccccc5c4)cc3C(C)(C)c3cc(-c4ccc5ccccc5c4)cc1c32. The van der Waals surface area contributed by atoms with Gasteiger partial charge in [0.1, 0.15) is 0 Å². The van der Waals surface area contributed by atoms with Crippen LogP contribution < -0.4 is 4.90 Å². The fourth-order valence-electron chi connectivity index (χ4n) is 8.00. The maximum Gasteiger partial charge on any atom is 0.0544 e. The number of hydrogen-bond acceptors (Lipinski definition) is 1. The van der Waals surface area contributed by atoms with Crippen LogP contribution in [0.15, 0.2) is 140 Å². The Hall–Kier alpha value is -5.14. The molecule has 7 aromatic rings. The van der Waals surface area contributed by atoms with Crippen LogP contribution >= 0.6 is 0 Å². The predicted octanol–water partition coefficient (Wildman–Crippen LogP) is 12.1. The van der Waals surface area contributed by atoms with Gasteiger partial charge in [-0.05, 0) is 109 Å². The molecule has 216 valence electrons. The van der Waals surface area contributed by atoms with Gasteiger partial charge in [0, 0.05) is 10.8 Å². The van der Waals surface area contributed by atoms with E-state index in [0.29, 0.717) is 0 Å². The van der Waals surface area contributed by atoms with Gasteiger partial charge in [0.2, 0.25) is 0 Å². The molecule has 0 aromatic heterocycles. The average Bonchev–Trinajstić information content (AvgIpc) is 3.07. The summed E-state index contributed by atoms with van der Waals surface area (Å²) in [5.74, 6) is 0. The summed E-state index contributed by atoms with van der Waals surface area (Å²) in [7, 11) is 0. The van der Waals surface area contributed by atoms with E-state index in [1.807, 2.05) is 0 Å². The van der Waals surface area contributed by atoms with E-state index in [0.717, 1.165) is 0 Å². The molecule has 9 rings (SSSR count). The molecule has 0 unspecified atom stereocenters. The Morgan fingerprint density at radius 3 is 1.44 bits per heavy atom. The van der Waals surface area contributed by atoms with Crippen molar-refractivity contribution in [2.75, 3.05) is 4.90 Å². The Morgan fingerprint density at radius 1 is 0.356 bits per heavy atom. The Labute approximate surface area is 265 Å². The minimum Gasteiger partial charge on any atom is -0.309 e. The van der Waals surface area contributed by atoms with Crippen molar-refractivity contribution in [1.29, 1.82) is 0 Å². The summed E-state index contributed by atoms with van der Waals surface area (Å²) in [4.78, 5) is 2.56. The number of benzene rings is 7. The summed E-state index contributed by atoms with van der Waals surface area (Å²) < 4.78 is 0. The van der Waals surface area contributed by atoms with Gasteiger partial charge in [-0.2, -0.15) is 0 Å². The molecule has 45 heavy (non-hydrogen) atoms. The molecule has 0 radical (unpaired) electrons. The molecule has 2 aliphatic rings. The minimum absolute atomic E-state index is 0.150. The Balaban J connectivity index is 1.31. The number of anilines is 3. The van der Waals surface area contributed by atoms with Gasteiger partial charge in [0.15, 0.2) is 0 Å². The maximum absolute atomic E-state index is 2.56. The molecular formula is C44H35N. The standard InChI is InChI=1S/C44H35N/c1-43(2)36-15-9-10-16-40(36)45-41-22-21-34(32-19-17-28-11-5-7-13-30(28)23-32)25-37(41)44(3,4)39-27-35(26-38(43)42(39)45)33-20-18-29-12-6-8-14-31(29)24-33/h5-27H,1-4H3. The molecule has 7 aromatic carbocycles. The zero-order chi connectivity index (χ0) is 30.5. The molecule has 0 spiro atoms. The molecule has 0 N–H and O–H groups in total. The quantitative estimate of drug-likeness (QED) is 0.198. The minimum atomic E-state index is -0.210. The second-order valence-electron chi connectivity index (χ2n) is 13.9. The van der Waals surface area contributed by atoms with E-state index < -0.39 is 0 Å². The lowest BCUT2D eigenvalue weighted by atomic mass is 9.65. The van der Waals surface area contributed by atoms with Crippen LogP contribution in [0.5, 0.6) is 0 Å².